The van der Waals surface area contributed by atoms with Gasteiger partial charge in [0.1, 0.15) is 41.2 Å². The molecule has 6 saturated heterocycles. The van der Waals surface area contributed by atoms with Gasteiger partial charge in [-0.3, -0.25) is 29.6 Å². The highest BCUT2D eigenvalue weighted by atomic mass is 35.5. The third-order valence-corrected chi connectivity index (χ3v) is 17.1. The van der Waals surface area contributed by atoms with E-state index in [0.29, 0.717) is 52.6 Å². The minimum Gasteiger partial charge on any atom is -0.508 e. The number of phenols is 1. The molecule has 7 aliphatic rings. The molecule has 12 rings (SSSR count). The Kier molecular flexibility index (Phi) is 13.0. The van der Waals surface area contributed by atoms with E-state index in [0.717, 1.165) is 95.5 Å². The third kappa shape index (κ3) is 9.14. The van der Waals surface area contributed by atoms with Crippen LogP contribution in [0.4, 0.5) is 20.3 Å². The molecule has 7 aliphatic heterocycles. The van der Waals surface area contributed by atoms with Gasteiger partial charge >= 0.3 is 6.01 Å². The van der Waals surface area contributed by atoms with Crippen LogP contribution < -0.4 is 25.2 Å². The molecule has 19 heteroatoms. The van der Waals surface area contributed by atoms with Crippen molar-refractivity contribution in [1.82, 2.24) is 40.3 Å². The Bertz CT molecular complexity index is 3110. The van der Waals surface area contributed by atoms with E-state index < -0.39 is 23.6 Å². The molecule has 6 fully saturated rings. The summed E-state index contributed by atoms with van der Waals surface area (Å²) in [6.07, 6.45) is 14.9. The van der Waals surface area contributed by atoms with Crippen molar-refractivity contribution in [3.05, 3.63) is 75.9 Å². The molecule has 74 heavy (non-hydrogen) atoms. The molecule has 5 atom stereocenters. The van der Waals surface area contributed by atoms with Gasteiger partial charge in [0.25, 0.3) is 5.91 Å². The lowest BCUT2D eigenvalue weighted by atomic mass is 9.94. The van der Waals surface area contributed by atoms with Crippen LogP contribution in [0.15, 0.2) is 42.6 Å². The standard InChI is InChI=1S/C55H59ClF2N10O6/c1-3-38-43(57)8-4-31-20-35(69)22-40(47(31)38)50-49(58)51-41(23-59-50)52(67-25-32-5-6-33(26-67)60-32)63-55(62-51)73-29-34-21-37(27-64(34)2)74-36-14-16-65(17-15-36)24-30-12-18-66(19-13-30)44-9-7-39-42(48(44)56)28-68(54(39)72)45-10-11-46(70)61-53(45)71/h1,4,7-9,20,22-23,30,32-34,36-37,45,60,69H,5-6,10-19,21,24-29H2,2H3,(H,61,70,71)/t32-,33+,34-,37+,45?/m0/s1. The van der Waals surface area contributed by atoms with E-state index in [1.807, 2.05) is 12.1 Å². The van der Waals surface area contributed by atoms with Crippen LogP contribution in [0.2, 0.25) is 5.02 Å². The van der Waals surface area contributed by atoms with Crippen LogP contribution in [0.25, 0.3) is 32.9 Å². The molecule has 3 amide bonds. The Morgan fingerprint density at radius 2 is 1.69 bits per heavy atom. The van der Waals surface area contributed by atoms with E-state index in [1.165, 1.54) is 24.3 Å². The van der Waals surface area contributed by atoms with Gasteiger partial charge in [-0.25, -0.2) is 8.78 Å². The van der Waals surface area contributed by atoms with Crippen molar-refractivity contribution in [2.24, 2.45) is 5.92 Å². The SMILES string of the molecule is C#Cc1c(F)ccc2cc(O)cc(-c3ncc4c(N5C[C@H]6CC[C@@H](C5)N6)nc(OC[C@@H]5C[C@@H](OC6CCN(CC7CCN(c8ccc9c(c8Cl)CN(C8CCC(=O)NC8=O)C9=O)CC7)CC6)CN5C)nc4c3F)c12. The number of likely N-dealkylation sites (N-methyl/N-ethyl adjacent to an activating group) is 1. The Labute approximate surface area is 432 Å². The Morgan fingerprint density at radius 1 is 0.905 bits per heavy atom. The number of rotatable bonds is 11. The zero-order valence-electron chi connectivity index (χ0n) is 41.3. The molecule has 386 valence electrons. The minimum absolute atomic E-state index is 0.0103. The van der Waals surface area contributed by atoms with Crippen molar-refractivity contribution in [2.75, 3.05) is 75.8 Å². The first kappa shape index (κ1) is 48.7. The second-order valence-corrected chi connectivity index (χ2v) is 21.7. The van der Waals surface area contributed by atoms with Gasteiger partial charge < -0.3 is 39.5 Å². The summed E-state index contributed by atoms with van der Waals surface area (Å²) in [5.41, 5.74) is 2.18. The zero-order valence-corrected chi connectivity index (χ0v) is 42.1. The van der Waals surface area contributed by atoms with Gasteiger partial charge in [-0.05, 0) is 100 Å². The van der Waals surface area contributed by atoms with Crippen molar-refractivity contribution < 1.29 is 37.7 Å². The maximum absolute atomic E-state index is 17.1. The summed E-state index contributed by atoms with van der Waals surface area (Å²) in [7, 11) is 2.07. The average molecular weight is 1030 g/mol. The number of halogens is 3. The number of fused-ring (bicyclic) bond motifs is 5. The first-order valence-corrected chi connectivity index (χ1v) is 26.4. The fourth-order valence-corrected chi connectivity index (χ4v) is 13.1. The van der Waals surface area contributed by atoms with Crippen LogP contribution in [0.3, 0.4) is 0 Å². The number of amides is 3. The summed E-state index contributed by atoms with van der Waals surface area (Å²) < 4.78 is 45.4. The van der Waals surface area contributed by atoms with Gasteiger partial charge in [-0.2, -0.15) is 9.97 Å². The van der Waals surface area contributed by atoms with Gasteiger partial charge in [0.15, 0.2) is 5.82 Å². The molecule has 1 unspecified atom stereocenters. The molecule has 2 aromatic heterocycles. The second kappa shape index (κ2) is 19.8. The molecule has 3 aromatic carbocycles. The van der Waals surface area contributed by atoms with Crippen LogP contribution in [0, 0.1) is 29.9 Å². The van der Waals surface area contributed by atoms with E-state index in [4.69, 9.17) is 32.5 Å². The van der Waals surface area contributed by atoms with E-state index in [2.05, 4.69) is 53.2 Å². The normalized spacial score (nSPS) is 25.1. The van der Waals surface area contributed by atoms with Crippen molar-refractivity contribution in [2.45, 2.75) is 101 Å². The average Bonchev–Trinajstić information content (AvgIpc) is 4.05. The Morgan fingerprint density at radius 3 is 2.45 bits per heavy atom. The van der Waals surface area contributed by atoms with E-state index in [9.17, 15) is 19.5 Å². The van der Waals surface area contributed by atoms with Crippen LogP contribution >= 0.6 is 11.6 Å². The number of aromatic hydroxyl groups is 1. The van der Waals surface area contributed by atoms with Gasteiger partial charge in [-0.1, -0.05) is 23.6 Å². The lowest BCUT2D eigenvalue weighted by molar-refractivity contribution is -0.136. The molecule has 2 bridgehead atoms. The highest BCUT2D eigenvalue weighted by molar-refractivity contribution is 6.35. The van der Waals surface area contributed by atoms with Crippen LogP contribution in [-0.4, -0.2) is 155 Å². The van der Waals surface area contributed by atoms with Crippen molar-refractivity contribution in [3.63, 3.8) is 0 Å². The number of benzene rings is 3. The highest BCUT2D eigenvalue weighted by Gasteiger charge is 2.41. The summed E-state index contributed by atoms with van der Waals surface area (Å²) in [5.74, 6) is 1.00. The van der Waals surface area contributed by atoms with Crippen LogP contribution in [0.5, 0.6) is 11.8 Å². The maximum Gasteiger partial charge on any atom is 0.319 e. The number of carbonyl (C=O) groups is 3. The molecule has 0 aliphatic carbocycles. The first-order valence-electron chi connectivity index (χ1n) is 26.1. The number of imide groups is 1. The molecule has 3 N–H and O–H groups in total. The summed E-state index contributed by atoms with van der Waals surface area (Å²) in [4.78, 5) is 62.6. The lowest BCUT2D eigenvalue weighted by Gasteiger charge is -2.39. The number of hydrogen-bond donors (Lipinski definition) is 3. The minimum atomic E-state index is -0.753. The molecule has 5 aromatic rings. The Hall–Kier alpha value is -6.23. The molecular weight excluding hydrogens is 970 g/mol. The number of nitrogens with one attached hydrogen (secondary N) is 2. The largest absolute Gasteiger partial charge is 0.508 e. The Balaban J connectivity index is 0.660. The molecular formula is C55H59ClF2N10O6. The number of anilines is 2. The molecule has 16 nitrogen and oxygen atoms in total. The number of pyridine rings is 1. The number of hydrogen-bond acceptors (Lipinski definition) is 14. The molecule has 0 radical (unpaired) electrons. The van der Waals surface area contributed by atoms with Crippen LogP contribution in [-0.2, 0) is 20.9 Å². The van der Waals surface area contributed by atoms with E-state index >= 15 is 8.78 Å². The predicted octanol–water partition coefficient (Wildman–Crippen LogP) is 6.01. The monoisotopic (exact) mass is 1030 g/mol. The van der Waals surface area contributed by atoms with E-state index in [1.54, 1.807) is 11.1 Å². The van der Waals surface area contributed by atoms with E-state index in [-0.39, 0.29) is 101 Å². The third-order valence-electron chi connectivity index (χ3n) is 16.7. The number of carbonyl (C=O) groups excluding carboxylic acids is 3. The number of phenolic OH excluding ortho intramolecular Hbond substituents is 1. The number of nitrogens with zero attached hydrogens (tertiary/aromatic N) is 8. The first-order chi connectivity index (χ1) is 35.8. The number of piperidine rings is 3. The number of aromatic nitrogens is 3. The summed E-state index contributed by atoms with van der Waals surface area (Å²) in [6.45, 7) is 7.37. The smallest absolute Gasteiger partial charge is 0.319 e. The van der Waals surface area contributed by atoms with Crippen molar-refractivity contribution >= 4 is 62.5 Å². The fourth-order valence-electron chi connectivity index (χ4n) is 12.8. The number of ether oxygens (including phenoxy) is 2. The highest BCUT2D eigenvalue weighted by Crippen LogP contribution is 2.42. The summed E-state index contributed by atoms with van der Waals surface area (Å²) >= 11 is 7.01. The van der Waals surface area contributed by atoms with Gasteiger partial charge in [0.05, 0.1) is 33.9 Å². The number of terminal acetylenes is 1. The zero-order chi connectivity index (χ0) is 50.9. The number of piperazine rings is 1. The summed E-state index contributed by atoms with van der Waals surface area (Å²) in [6, 6.07) is 9.23. The lowest BCUT2D eigenvalue weighted by Crippen LogP contribution is -2.52. The topological polar surface area (TPSA) is 169 Å². The van der Waals surface area contributed by atoms with Gasteiger partial charge in [0.2, 0.25) is 11.8 Å². The molecule has 0 spiro atoms. The quantitative estimate of drug-likeness (QED) is 0.104. The van der Waals surface area contributed by atoms with Gasteiger partial charge in [0, 0.05) is 112 Å². The second-order valence-electron chi connectivity index (χ2n) is 21.4. The molecule has 0 saturated carbocycles. The molecule has 9 heterocycles. The van der Waals surface area contributed by atoms with Gasteiger partial charge in [-0.15, -0.1) is 6.42 Å². The maximum atomic E-state index is 17.1. The number of likely N-dealkylation sites (tertiary alicyclic amines) is 2. The van der Waals surface area contributed by atoms with Crippen molar-refractivity contribution in [1.29, 1.82) is 0 Å². The predicted molar refractivity (Wildman–Crippen MR) is 275 cm³/mol. The fraction of sp³-hybridized carbons (Fsp3) is 0.491. The summed E-state index contributed by atoms with van der Waals surface area (Å²) in [5, 5.41) is 18.4. The van der Waals surface area contributed by atoms with Crippen LogP contribution in [0.1, 0.15) is 79.3 Å². The van der Waals surface area contributed by atoms with Crippen molar-refractivity contribution in [3.8, 4) is 35.4 Å².